The van der Waals surface area contributed by atoms with Crippen LogP contribution in [-0.2, 0) is 0 Å². The number of pyridine rings is 1. The van der Waals surface area contributed by atoms with E-state index in [9.17, 15) is 4.79 Å². The second kappa shape index (κ2) is 4.82. The van der Waals surface area contributed by atoms with Gasteiger partial charge in [-0.25, -0.2) is 0 Å². The average molecular weight is 287 g/mol. The first-order chi connectivity index (χ1) is 9.78. The van der Waals surface area contributed by atoms with Gasteiger partial charge in [-0.2, -0.15) is 0 Å². The Bertz CT molecular complexity index is 608. The first-order valence-corrected chi connectivity index (χ1v) is 7.96. The number of carbonyl (C=O) groups excluding carboxylic acids is 1. The summed E-state index contributed by atoms with van der Waals surface area (Å²) in [5, 5.41) is 4.31. The highest BCUT2D eigenvalue weighted by molar-refractivity contribution is 7.20. The normalized spacial score (nSPS) is 28.7. The van der Waals surface area contributed by atoms with Crippen LogP contribution in [0.25, 0.3) is 10.1 Å². The predicted molar refractivity (Wildman–Crippen MR) is 80.0 cm³/mol. The number of rotatable bonds is 2. The molecular formula is C15H17N3OS. The fourth-order valence-electron chi connectivity index (χ4n) is 3.42. The zero-order valence-corrected chi connectivity index (χ0v) is 12.0. The lowest BCUT2D eigenvalue weighted by molar-refractivity contribution is 0.0913. The largest absolute Gasteiger partial charge is 0.347 e. The molecule has 20 heavy (non-hydrogen) atoms. The van der Waals surface area contributed by atoms with E-state index in [1.165, 1.54) is 30.8 Å². The summed E-state index contributed by atoms with van der Waals surface area (Å²) in [4.78, 5) is 19.7. The standard InChI is InChI=1S/C15H17N3OS/c19-15(13-6-11-1-3-16-7-14(11)20-13)17-12-5-10-2-4-18(8-10)9-12/h1,3,6-7,10,12H,2,4-5,8-9H2,(H,17,19)/t10-,12+/m0/s1. The van der Waals surface area contributed by atoms with Crippen molar-refractivity contribution in [3.8, 4) is 0 Å². The number of piperidine rings is 1. The van der Waals surface area contributed by atoms with Gasteiger partial charge in [-0.3, -0.25) is 9.78 Å². The van der Waals surface area contributed by atoms with E-state index in [2.05, 4.69) is 15.2 Å². The summed E-state index contributed by atoms with van der Waals surface area (Å²) in [6, 6.07) is 4.23. The molecular weight excluding hydrogens is 270 g/mol. The Morgan fingerprint density at radius 1 is 1.45 bits per heavy atom. The van der Waals surface area contributed by atoms with E-state index in [1.807, 2.05) is 18.3 Å². The minimum Gasteiger partial charge on any atom is -0.347 e. The molecule has 2 aliphatic heterocycles. The van der Waals surface area contributed by atoms with Crippen LogP contribution in [0.3, 0.4) is 0 Å². The number of carbonyl (C=O) groups is 1. The van der Waals surface area contributed by atoms with Crippen molar-refractivity contribution in [2.45, 2.75) is 18.9 Å². The van der Waals surface area contributed by atoms with Crippen LogP contribution in [0.4, 0.5) is 0 Å². The molecule has 1 unspecified atom stereocenters. The van der Waals surface area contributed by atoms with Crippen LogP contribution in [0.5, 0.6) is 0 Å². The summed E-state index contributed by atoms with van der Waals surface area (Å²) in [5.41, 5.74) is 0. The number of hydrogen-bond acceptors (Lipinski definition) is 4. The van der Waals surface area contributed by atoms with Crippen LogP contribution in [0.2, 0.25) is 0 Å². The van der Waals surface area contributed by atoms with E-state index in [0.717, 1.165) is 33.8 Å². The van der Waals surface area contributed by atoms with Crippen molar-refractivity contribution >= 4 is 27.3 Å². The van der Waals surface area contributed by atoms with Crippen molar-refractivity contribution in [1.29, 1.82) is 0 Å². The van der Waals surface area contributed by atoms with Crippen LogP contribution in [0.1, 0.15) is 22.5 Å². The van der Waals surface area contributed by atoms with Gasteiger partial charge in [0.25, 0.3) is 5.91 Å². The molecule has 0 radical (unpaired) electrons. The molecule has 4 rings (SSSR count). The van der Waals surface area contributed by atoms with Crippen molar-refractivity contribution < 1.29 is 4.79 Å². The van der Waals surface area contributed by atoms with Gasteiger partial charge in [0.05, 0.1) is 9.58 Å². The molecule has 0 saturated carbocycles. The van der Waals surface area contributed by atoms with Gasteiger partial charge in [-0.1, -0.05) is 0 Å². The zero-order chi connectivity index (χ0) is 13.5. The van der Waals surface area contributed by atoms with Gasteiger partial charge in [0.2, 0.25) is 0 Å². The SMILES string of the molecule is O=C(N[C@@H]1C[C@@H]2CCN(C2)C1)c1cc2ccncc2s1. The Hall–Kier alpha value is -1.46. The lowest BCUT2D eigenvalue weighted by Crippen LogP contribution is -2.46. The molecule has 0 aliphatic carbocycles. The van der Waals surface area contributed by atoms with Crippen LogP contribution in [0, 0.1) is 5.92 Å². The highest BCUT2D eigenvalue weighted by atomic mass is 32.1. The minimum absolute atomic E-state index is 0.0682. The van der Waals surface area contributed by atoms with Crippen molar-refractivity contribution in [3.05, 3.63) is 29.4 Å². The Labute approximate surface area is 121 Å². The highest BCUT2D eigenvalue weighted by Crippen LogP contribution is 2.28. The van der Waals surface area contributed by atoms with Crippen LogP contribution < -0.4 is 5.32 Å². The monoisotopic (exact) mass is 287 g/mol. The molecule has 2 aromatic heterocycles. The molecule has 2 saturated heterocycles. The summed E-state index contributed by atoms with van der Waals surface area (Å²) in [7, 11) is 0. The van der Waals surface area contributed by atoms with Crippen molar-refractivity contribution in [1.82, 2.24) is 15.2 Å². The first-order valence-electron chi connectivity index (χ1n) is 7.15. The molecule has 2 bridgehead atoms. The lowest BCUT2D eigenvalue weighted by Gasteiger charge is -2.30. The number of nitrogens with zero attached hydrogens (tertiary/aromatic N) is 2. The molecule has 2 aliphatic rings. The summed E-state index contributed by atoms with van der Waals surface area (Å²) in [6.07, 6.45) is 6.02. The number of amides is 1. The Kier molecular flexibility index (Phi) is 2.97. The summed E-state index contributed by atoms with van der Waals surface area (Å²) in [5.74, 6) is 0.847. The third kappa shape index (κ3) is 2.21. The predicted octanol–water partition coefficient (Wildman–Crippen LogP) is 2.12. The van der Waals surface area contributed by atoms with Crippen molar-refractivity contribution in [3.63, 3.8) is 0 Å². The second-order valence-corrected chi connectivity index (χ2v) is 6.93. The van der Waals surface area contributed by atoms with Gasteiger partial charge in [0, 0.05) is 31.5 Å². The molecule has 0 aromatic carbocycles. The lowest BCUT2D eigenvalue weighted by atomic mass is 9.97. The topological polar surface area (TPSA) is 45.2 Å². The quantitative estimate of drug-likeness (QED) is 0.920. The Morgan fingerprint density at radius 3 is 3.25 bits per heavy atom. The number of thiophene rings is 1. The molecule has 2 fully saturated rings. The maximum Gasteiger partial charge on any atom is 0.261 e. The third-order valence-electron chi connectivity index (χ3n) is 4.35. The van der Waals surface area contributed by atoms with E-state index >= 15 is 0 Å². The summed E-state index contributed by atoms with van der Waals surface area (Å²) >= 11 is 1.52. The number of aromatic nitrogens is 1. The number of nitrogens with one attached hydrogen (secondary N) is 1. The molecule has 5 heteroatoms. The molecule has 4 nitrogen and oxygen atoms in total. The number of hydrogen-bond donors (Lipinski definition) is 1. The third-order valence-corrected chi connectivity index (χ3v) is 5.43. The first kappa shape index (κ1) is 12.3. The van der Waals surface area contributed by atoms with Gasteiger partial charge >= 0.3 is 0 Å². The summed E-state index contributed by atoms with van der Waals surface area (Å²) < 4.78 is 1.07. The van der Waals surface area contributed by atoms with Gasteiger partial charge in [-0.05, 0) is 42.8 Å². The van der Waals surface area contributed by atoms with Crippen LogP contribution in [-0.4, -0.2) is 41.5 Å². The van der Waals surface area contributed by atoms with E-state index in [0.29, 0.717) is 6.04 Å². The molecule has 104 valence electrons. The zero-order valence-electron chi connectivity index (χ0n) is 11.2. The molecule has 0 spiro atoms. The van der Waals surface area contributed by atoms with Gasteiger partial charge < -0.3 is 10.2 Å². The highest BCUT2D eigenvalue weighted by Gasteiger charge is 2.33. The van der Waals surface area contributed by atoms with Gasteiger partial charge in [-0.15, -0.1) is 11.3 Å². The fraction of sp³-hybridized carbons (Fsp3) is 0.467. The molecule has 1 N–H and O–H groups in total. The van der Waals surface area contributed by atoms with E-state index in [4.69, 9.17) is 0 Å². The average Bonchev–Trinajstić information content (AvgIpc) is 3.02. The maximum atomic E-state index is 12.4. The minimum atomic E-state index is 0.0682. The number of fused-ring (bicyclic) bond motifs is 3. The maximum absolute atomic E-state index is 12.4. The summed E-state index contributed by atoms with van der Waals surface area (Å²) in [6.45, 7) is 3.43. The smallest absolute Gasteiger partial charge is 0.261 e. The van der Waals surface area contributed by atoms with E-state index in [-0.39, 0.29) is 5.91 Å². The van der Waals surface area contributed by atoms with E-state index < -0.39 is 0 Å². The second-order valence-electron chi connectivity index (χ2n) is 5.84. The Morgan fingerprint density at radius 2 is 2.40 bits per heavy atom. The molecule has 4 heterocycles. The fourth-order valence-corrected chi connectivity index (χ4v) is 4.35. The van der Waals surface area contributed by atoms with Crippen LogP contribution in [0.15, 0.2) is 24.5 Å². The van der Waals surface area contributed by atoms with E-state index in [1.54, 1.807) is 6.20 Å². The van der Waals surface area contributed by atoms with Gasteiger partial charge in [0.15, 0.2) is 0 Å². The Balaban J connectivity index is 1.49. The molecule has 3 atom stereocenters. The molecule has 2 aromatic rings. The molecule has 1 amide bonds. The van der Waals surface area contributed by atoms with Crippen molar-refractivity contribution in [2.24, 2.45) is 5.92 Å². The van der Waals surface area contributed by atoms with Crippen LogP contribution >= 0.6 is 11.3 Å². The van der Waals surface area contributed by atoms with Crippen molar-refractivity contribution in [2.75, 3.05) is 19.6 Å². The van der Waals surface area contributed by atoms with Gasteiger partial charge in [0.1, 0.15) is 0 Å².